The lowest BCUT2D eigenvalue weighted by molar-refractivity contribution is 0.0111. The summed E-state index contributed by atoms with van der Waals surface area (Å²) in [7, 11) is 1.74. The summed E-state index contributed by atoms with van der Waals surface area (Å²) in [5.74, 6) is 0.977. The number of methoxy groups -OCH3 is 1. The van der Waals surface area contributed by atoms with Crippen molar-refractivity contribution >= 4 is 0 Å². The summed E-state index contributed by atoms with van der Waals surface area (Å²) in [4.78, 5) is 0. The van der Waals surface area contributed by atoms with E-state index in [1.807, 2.05) is 0 Å². The Morgan fingerprint density at radius 2 is 2.19 bits per heavy atom. The molecule has 1 heterocycles. The van der Waals surface area contributed by atoms with Crippen molar-refractivity contribution in [2.45, 2.75) is 57.1 Å². The molecule has 3 nitrogen and oxygen atoms in total. The van der Waals surface area contributed by atoms with Crippen molar-refractivity contribution in [3.05, 3.63) is 29.3 Å². The van der Waals surface area contributed by atoms with Gasteiger partial charge in [-0.05, 0) is 74.8 Å². The van der Waals surface area contributed by atoms with E-state index in [-0.39, 0.29) is 0 Å². The number of aryl methyl sites for hydroxylation is 1. The van der Waals surface area contributed by atoms with Gasteiger partial charge in [0.25, 0.3) is 0 Å². The molecule has 0 spiro atoms. The summed E-state index contributed by atoms with van der Waals surface area (Å²) in [5, 5.41) is 3.74. The van der Waals surface area contributed by atoms with Crippen LogP contribution < -0.4 is 10.1 Å². The van der Waals surface area contributed by atoms with E-state index in [2.05, 4.69) is 23.5 Å². The molecule has 2 unspecified atom stereocenters. The fourth-order valence-corrected chi connectivity index (χ4v) is 3.58. The van der Waals surface area contributed by atoms with Crippen molar-refractivity contribution in [3.63, 3.8) is 0 Å². The number of rotatable bonds is 5. The highest BCUT2D eigenvalue weighted by Gasteiger charge is 2.21. The van der Waals surface area contributed by atoms with Crippen LogP contribution in [0.3, 0.4) is 0 Å². The zero-order chi connectivity index (χ0) is 14.5. The van der Waals surface area contributed by atoms with Gasteiger partial charge in [-0.2, -0.15) is 0 Å². The lowest BCUT2D eigenvalue weighted by Crippen LogP contribution is -2.30. The SMILES string of the molecule is COc1ccc2c(c1)CCCC2NCCC1CCCCO1. The van der Waals surface area contributed by atoms with Crippen LogP contribution in [0.4, 0.5) is 0 Å². The molecule has 0 aromatic heterocycles. The Bertz CT molecular complexity index is 455. The van der Waals surface area contributed by atoms with Crippen molar-refractivity contribution in [2.24, 2.45) is 0 Å². The Hall–Kier alpha value is -1.06. The number of ether oxygens (including phenoxy) is 2. The Labute approximate surface area is 128 Å². The molecule has 1 aliphatic carbocycles. The predicted molar refractivity (Wildman–Crippen MR) is 84.9 cm³/mol. The Morgan fingerprint density at radius 1 is 1.24 bits per heavy atom. The van der Waals surface area contributed by atoms with Gasteiger partial charge >= 0.3 is 0 Å². The third-order valence-corrected chi connectivity index (χ3v) is 4.80. The first-order chi connectivity index (χ1) is 10.4. The average molecular weight is 289 g/mol. The van der Waals surface area contributed by atoms with Crippen molar-refractivity contribution in [1.82, 2.24) is 5.32 Å². The molecule has 1 aliphatic heterocycles. The zero-order valence-electron chi connectivity index (χ0n) is 13.1. The molecule has 0 saturated carbocycles. The van der Waals surface area contributed by atoms with Crippen LogP contribution in [0, 0.1) is 0 Å². The van der Waals surface area contributed by atoms with Gasteiger partial charge in [-0.1, -0.05) is 6.07 Å². The molecule has 3 heteroatoms. The normalized spacial score (nSPS) is 25.4. The van der Waals surface area contributed by atoms with E-state index in [0.29, 0.717) is 12.1 Å². The van der Waals surface area contributed by atoms with Crippen molar-refractivity contribution in [1.29, 1.82) is 0 Å². The third-order valence-electron chi connectivity index (χ3n) is 4.80. The van der Waals surface area contributed by atoms with E-state index in [0.717, 1.165) is 25.3 Å². The Morgan fingerprint density at radius 3 is 3.00 bits per heavy atom. The second kappa shape index (κ2) is 7.28. The van der Waals surface area contributed by atoms with E-state index in [1.54, 1.807) is 7.11 Å². The van der Waals surface area contributed by atoms with Gasteiger partial charge in [-0.15, -0.1) is 0 Å². The van der Waals surface area contributed by atoms with Gasteiger partial charge < -0.3 is 14.8 Å². The molecule has 0 radical (unpaired) electrons. The van der Waals surface area contributed by atoms with E-state index in [4.69, 9.17) is 9.47 Å². The van der Waals surface area contributed by atoms with E-state index < -0.39 is 0 Å². The van der Waals surface area contributed by atoms with E-state index in [1.165, 1.54) is 49.7 Å². The minimum Gasteiger partial charge on any atom is -0.497 e. The van der Waals surface area contributed by atoms with Crippen LogP contribution >= 0.6 is 0 Å². The minimum atomic E-state index is 0.477. The number of benzene rings is 1. The molecule has 2 atom stereocenters. The molecule has 0 bridgehead atoms. The van der Waals surface area contributed by atoms with Crippen molar-refractivity contribution in [2.75, 3.05) is 20.3 Å². The molecule has 1 fully saturated rings. The molecule has 1 N–H and O–H groups in total. The fourth-order valence-electron chi connectivity index (χ4n) is 3.58. The highest BCUT2D eigenvalue weighted by atomic mass is 16.5. The van der Waals surface area contributed by atoms with Gasteiger partial charge in [0.2, 0.25) is 0 Å². The third kappa shape index (κ3) is 3.78. The van der Waals surface area contributed by atoms with E-state index in [9.17, 15) is 0 Å². The second-order valence-electron chi connectivity index (χ2n) is 6.24. The summed E-state index contributed by atoms with van der Waals surface area (Å²) < 4.78 is 11.1. The Kier molecular flexibility index (Phi) is 5.15. The van der Waals surface area contributed by atoms with Crippen LogP contribution in [0.1, 0.15) is 55.7 Å². The van der Waals surface area contributed by atoms with Gasteiger partial charge in [0, 0.05) is 12.6 Å². The highest BCUT2D eigenvalue weighted by Crippen LogP contribution is 2.32. The molecule has 116 valence electrons. The predicted octanol–water partition coefficient (Wildman–Crippen LogP) is 3.62. The first kappa shape index (κ1) is 14.9. The van der Waals surface area contributed by atoms with Gasteiger partial charge in [0.15, 0.2) is 0 Å². The minimum absolute atomic E-state index is 0.477. The molecule has 1 saturated heterocycles. The summed E-state index contributed by atoms with van der Waals surface area (Å²) in [6, 6.07) is 7.03. The topological polar surface area (TPSA) is 30.5 Å². The summed E-state index contributed by atoms with van der Waals surface area (Å²) in [5.41, 5.74) is 2.92. The lowest BCUT2D eigenvalue weighted by atomic mass is 9.87. The average Bonchev–Trinajstić information content (AvgIpc) is 2.55. The molecule has 3 rings (SSSR count). The zero-order valence-corrected chi connectivity index (χ0v) is 13.1. The largest absolute Gasteiger partial charge is 0.497 e. The second-order valence-corrected chi connectivity index (χ2v) is 6.24. The van der Waals surface area contributed by atoms with Crippen LogP contribution in [0.5, 0.6) is 5.75 Å². The van der Waals surface area contributed by atoms with Gasteiger partial charge in [0.1, 0.15) is 5.75 Å². The molecule has 21 heavy (non-hydrogen) atoms. The molecule has 0 amide bonds. The standard InChI is InChI=1S/C18H27NO2/c1-20-16-8-9-17-14(13-16)5-4-7-18(17)19-11-10-15-6-2-3-12-21-15/h8-9,13,15,18-19H,2-7,10-12H2,1H3. The Balaban J connectivity index is 1.55. The summed E-state index contributed by atoms with van der Waals surface area (Å²) in [6.07, 6.45) is 9.10. The fraction of sp³-hybridized carbons (Fsp3) is 0.667. The first-order valence-corrected chi connectivity index (χ1v) is 8.38. The van der Waals surface area contributed by atoms with Crippen LogP contribution in [-0.4, -0.2) is 26.4 Å². The quantitative estimate of drug-likeness (QED) is 0.898. The number of hydrogen-bond acceptors (Lipinski definition) is 3. The van der Waals surface area contributed by atoms with Crippen molar-refractivity contribution in [3.8, 4) is 5.75 Å². The molecular weight excluding hydrogens is 262 g/mol. The lowest BCUT2D eigenvalue weighted by Gasteiger charge is -2.28. The van der Waals surface area contributed by atoms with Gasteiger partial charge in [0.05, 0.1) is 13.2 Å². The monoisotopic (exact) mass is 289 g/mol. The highest BCUT2D eigenvalue weighted by molar-refractivity contribution is 5.39. The summed E-state index contributed by atoms with van der Waals surface area (Å²) in [6.45, 7) is 2.01. The molecule has 1 aromatic carbocycles. The maximum atomic E-state index is 5.81. The number of hydrogen-bond donors (Lipinski definition) is 1. The van der Waals surface area contributed by atoms with Crippen LogP contribution in [0.15, 0.2) is 18.2 Å². The maximum absolute atomic E-state index is 5.81. The summed E-state index contributed by atoms with van der Waals surface area (Å²) >= 11 is 0. The van der Waals surface area contributed by atoms with Crippen molar-refractivity contribution < 1.29 is 9.47 Å². The number of fused-ring (bicyclic) bond motifs is 1. The van der Waals surface area contributed by atoms with Crippen LogP contribution in [0.25, 0.3) is 0 Å². The number of nitrogens with one attached hydrogen (secondary N) is 1. The molecule has 2 aliphatic rings. The van der Waals surface area contributed by atoms with Gasteiger partial charge in [-0.3, -0.25) is 0 Å². The maximum Gasteiger partial charge on any atom is 0.119 e. The smallest absolute Gasteiger partial charge is 0.119 e. The molecule has 1 aromatic rings. The van der Waals surface area contributed by atoms with Gasteiger partial charge in [-0.25, -0.2) is 0 Å². The van der Waals surface area contributed by atoms with E-state index >= 15 is 0 Å². The first-order valence-electron chi connectivity index (χ1n) is 8.38. The molecular formula is C18H27NO2. The van der Waals surface area contributed by atoms with Crippen LogP contribution in [-0.2, 0) is 11.2 Å². The van der Waals surface area contributed by atoms with Crippen LogP contribution in [0.2, 0.25) is 0 Å².